The monoisotopic (exact) mass is 237 g/mol. The van der Waals surface area contributed by atoms with Crippen LogP contribution >= 0.6 is 0 Å². The Labute approximate surface area is 93.0 Å². The van der Waals surface area contributed by atoms with Gasteiger partial charge in [-0.15, -0.1) is 0 Å². The van der Waals surface area contributed by atoms with E-state index in [1.54, 1.807) is 0 Å². The van der Waals surface area contributed by atoms with Crippen LogP contribution in [0.3, 0.4) is 0 Å². The molecule has 0 radical (unpaired) electrons. The summed E-state index contributed by atoms with van der Waals surface area (Å²) >= 11 is 0. The van der Waals surface area contributed by atoms with Crippen molar-refractivity contribution in [3.63, 3.8) is 0 Å². The van der Waals surface area contributed by atoms with E-state index in [1.807, 2.05) is 6.92 Å². The number of hydrogen-bond donors (Lipinski definition) is 3. The van der Waals surface area contributed by atoms with E-state index in [-0.39, 0.29) is 6.04 Å². The Morgan fingerprint density at radius 2 is 1.93 bits per heavy atom. The van der Waals surface area contributed by atoms with Gasteiger partial charge in [0.2, 0.25) is 0 Å². The summed E-state index contributed by atoms with van der Waals surface area (Å²) in [4.78, 5) is 0. The second-order valence-electron chi connectivity index (χ2n) is 3.59. The first kappa shape index (κ1) is 14.8. The van der Waals surface area contributed by atoms with Gasteiger partial charge in [-0.05, 0) is 12.8 Å². The van der Waals surface area contributed by atoms with Gasteiger partial charge < -0.3 is 5.73 Å². The van der Waals surface area contributed by atoms with Crippen molar-refractivity contribution >= 4 is 10.2 Å². The van der Waals surface area contributed by atoms with Gasteiger partial charge in [-0.1, -0.05) is 26.7 Å². The van der Waals surface area contributed by atoms with Crippen molar-refractivity contribution in [2.75, 3.05) is 13.1 Å². The lowest BCUT2D eigenvalue weighted by molar-refractivity contribution is 0.508. The summed E-state index contributed by atoms with van der Waals surface area (Å²) in [5, 5.41) is 0. The van der Waals surface area contributed by atoms with Crippen molar-refractivity contribution in [3.05, 3.63) is 0 Å². The van der Waals surface area contributed by atoms with Crippen molar-refractivity contribution in [1.82, 2.24) is 9.44 Å². The molecule has 0 spiro atoms. The second-order valence-corrected chi connectivity index (χ2v) is 5.12. The highest BCUT2D eigenvalue weighted by Gasteiger charge is 2.14. The molecule has 0 aromatic carbocycles. The summed E-state index contributed by atoms with van der Waals surface area (Å²) in [6.07, 6.45) is 3.60. The summed E-state index contributed by atoms with van der Waals surface area (Å²) in [7, 11) is -3.37. The minimum atomic E-state index is -3.37. The highest BCUT2D eigenvalue weighted by molar-refractivity contribution is 7.87. The van der Waals surface area contributed by atoms with Crippen LogP contribution in [0.5, 0.6) is 0 Å². The van der Waals surface area contributed by atoms with E-state index in [0.717, 1.165) is 25.7 Å². The van der Waals surface area contributed by atoms with E-state index >= 15 is 0 Å². The van der Waals surface area contributed by atoms with E-state index in [1.165, 1.54) is 0 Å². The van der Waals surface area contributed by atoms with E-state index < -0.39 is 10.2 Å². The molecule has 5 nitrogen and oxygen atoms in total. The molecule has 4 N–H and O–H groups in total. The Morgan fingerprint density at radius 3 is 2.40 bits per heavy atom. The fraction of sp³-hybridized carbons (Fsp3) is 1.00. The van der Waals surface area contributed by atoms with Gasteiger partial charge in [0.15, 0.2) is 0 Å². The molecule has 0 saturated heterocycles. The minimum Gasteiger partial charge on any atom is -0.329 e. The first-order chi connectivity index (χ1) is 7.05. The van der Waals surface area contributed by atoms with Crippen LogP contribution in [0.25, 0.3) is 0 Å². The molecule has 0 amide bonds. The van der Waals surface area contributed by atoms with Gasteiger partial charge in [0.25, 0.3) is 10.2 Å². The summed E-state index contributed by atoms with van der Waals surface area (Å²) in [6.45, 7) is 4.78. The lowest BCUT2D eigenvalue weighted by Gasteiger charge is -2.16. The minimum absolute atomic E-state index is 0.153. The van der Waals surface area contributed by atoms with Crippen molar-refractivity contribution in [2.24, 2.45) is 5.73 Å². The maximum absolute atomic E-state index is 11.4. The second kappa shape index (κ2) is 8.04. The van der Waals surface area contributed by atoms with Crippen LogP contribution in [0.4, 0.5) is 0 Å². The molecular weight excluding hydrogens is 214 g/mol. The average Bonchev–Trinajstić information content (AvgIpc) is 2.21. The van der Waals surface area contributed by atoms with Gasteiger partial charge in [-0.2, -0.15) is 13.1 Å². The van der Waals surface area contributed by atoms with E-state index in [2.05, 4.69) is 16.4 Å². The zero-order valence-electron chi connectivity index (χ0n) is 9.62. The first-order valence-corrected chi connectivity index (χ1v) is 7.01. The van der Waals surface area contributed by atoms with Crippen molar-refractivity contribution in [1.29, 1.82) is 0 Å². The lowest BCUT2D eigenvalue weighted by Crippen LogP contribution is -2.46. The predicted octanol–water partition coefficient (Wildman–Crippen LogP) is 0.338. The van der Waals surface area contributed by atoms with Crippen LogP contribution in [-0.2, 0) is 10.2 Å². The fourth-order valence-electron chi connectivity index (χ4n) is 1.17. The molecule has 0 heterocycles. The molecule has 0 fully saturated rings. The van der Waals surface area contributed by atoms with Crippen LogP contribution in [0.1, 0.15) is 39.5 Å². The van der Waals surface area contributed by atoms with Gasteiger partial charge >= 0.3 is 0 Å². The maximum Gasteiger partial charge on any atom is 0.277 e. The lowest BCUT2D eigenvalue weighted by atomic mass is 10.1. The molecule has 15 heavy (non-hydrogen) atoms. The first-order valence-electron chi connectivity index (χ1n) is 5.52. The van der Waals surface area contributed by atoms with Crippen LogP contribution < -0.4 is 15.2 Å². The Morgan fingerprint density at radius 1 is 1.27 bits per heavy atom. The van der Waals surface area contributed by atoms with Gasteiger partial charge in [0, 0.05) is 19.1 Å². The molecule has 0 aromatic rings. The van der Waals surface area contributed by atoms with Gasteiger partial charge in [0.05, 0.1) is 0 Å². The van der Waals surface area contributed by atoms with Crippen LogP contribution in [0.2, 0.25) is 0 Å². The fourth-order valence-corrected chi connectivity index (χ4v) is 2.38. The number of unbranched alkanes of at least 4 members (excludes halogenated alkanes) is 1. The molecular formula is C9H23N3O2S. The van der Waals surface area contributed by atoms with E-state index in [0.29, 0.717) is 13.1 Å². The van der Waals surface area contributed by atoms with Crippen LogP contribution in [0, 0.1) is 0 Å². The molecule has 1 atom stereocenters. The maximum atomic E-state index is 11.4. The third-order valence-electron chi connectivity index (χ3n) is 2.05. The third-order valence-corrected chi connectivity index (χ3v) is 3.28. The van der Waals surface area contributed by atoms with Crippen molar-refractivity contribution in [2.45, 2.75) is 45.6 Å². The largest absolute Gasteiger partial charge is 0.329 e. The quantitative estimate of drug-likeness (QED) is 0.540. The molecule has 0 aliphatic heterocycles. The third kappa shape index (κ3) is 7.72. The Kier molecular flexibility index (Phi) is 7.95. The van der Waals surface area contributed by atoms with E-state index in [4.69, 9.17) is 5.73 Å². The molecule has 0 aromatic heterocycles. The van der Waals surface area contributed by atoms with Gasteiger partial charge in [0.1, 0.15) is 0 Å². The number of hydrogen-bond acceptors (Lipinski definition) is 3. The smallest absolute Gasteiger partial charge is 0.277 e. The van der Waals surface area contributed by atoms with Crippen LogP contribution in [-0.4, -0.2) is 27.5 Å². The van der Waals surface area contributed by atoms with Crippen molar-refractivity contribution in [3.8, 4) is 0 Å². The normalized spacial score (nSPS) is 14.1. The predicted molar refractivity (Wildman–Crippen MR) is 62.7 cm³/mol. The Bertz CT molecular complexity index is 242. The standard InChI is InChI=1S/C9H23N3O2S/c1-3-5-6-9(8-10)12-15(13,14)11-7-4-2/h9,11-12H,3-8,10H2,1-2H3. The summed E-state index contributed by atoms with van der Waals surface area (Å²) in [6, 6.07) is -0.153. The number of rotatable bonds is 9. The summed E-state index contributed by atoms with van der Waals surface area (Å²) in [5.74, 6) is 0. The van der Waals surface area contributed by atoms with Crippen LogP contribution in [0.15, 0.2) is 0 Å². The molecule has 0 aliphatic rings. The number of nitrogens with two attached hydrogens (primary N) is 1. The van der Waals surface area contributed by atoms with Gasteiger partial charge in [-0.3, -0.25) is 0 Å². The molecule has 0 rings (SSSR count). The molecule has 6 heteroatoms. The topological polar surface area (TPSA) is 84.2 Å². The van der Waals surface area contributed by atoms with Gasteiger partial charge in [-0.25, -0.2) is 4.72 Å². The molecule has 1 unspecified atom stereocenters. The summed E-state index contributed by atoms with van der Waals surface area (Å²) < 4.78 is 27.9. The average molecular weight is 237 g/mol. The Hall–Kier alpha value is -0.170. The highest BCUT2D eigenvalue weighted by atomic mass is 32.2. The van der Waals surface area contributed by atoms with Crippen molar-refractivity contribution < 1.29 is 8.42 Å². The SMILES string of the molecule is CCCCC(CN)NS(=O)(=O)NCCC. The zero-order valence-corrected chi connectivity index (χ0v) is 10.4. The Balaban J connectivity index is 4.03. The molecule has 0 saturated carbocycles. The molecule has 0 aliphatic carbocycles. The molecule has 92 valence electrons. The highest BCUT2D eigenvalue weighted by Crippen LogP contribution is 2.00. The zero-order chi connectivity index (χ0) is 11.7. The van der Waals surface area contributed by atoms with E-state index in [9.17, 15) is 8.42 Å². The summed E-state index contributed by atoms with van der Waals surface area (Å²) in [5.41, 5.74) is 5.49. The molecule has 0 bridgehead atoms. The number of nitrogens with one attached hydrogen (secondary N) is 2.